The Balaban J connectivity index is 1.70. The molecule has 2 aromatic rings. The molecule has 1 aliphatic rings. The monoisotopic (exact) mass is 418 g/mol. The summed E-state index contributed by atoms with van der Waals surface area (Å²) in [6.07, 6.45) is 5.38. The molecule has 2 N–H and O–H groups in total. The van der Waals surface area contributed by atoms with Gasteiger partial charge >= 0.3 is 0 Å². The Kier molecular flexibility index (Phi) is 5.70. The first kappa shape index (κ1) is 18.7. The minimum absolute atomic E-state index is 0.0795. The molecule has 1 aromatic carbocycles. The van der Waals surface area contributed by atoms with Crippen LogP contribution in [0.2, 0.25) is 10.0 Å². The predicted octanol–water partition coefficient (Wildman–Crippen LogP) is 3.95. The van der Waals surface area contributed by atoms with Gasteiger partial charge in [0.2, 0.25) is 0 Å². The van der Waals surface area contributed by atoms with E-state index >= 15 is 0 Å². The molecule has 0 spiro atoms. The predicted molar refractivity (Wildman–Crippen MR) is 99.8 cm³/mol. The number of rotatable bonds is 4. The van der Waals surface area contributed by atoms with Crippen LogP contribution >= 0.6 is 34.5 Å². The molecular weight excluding hydrogens is 403 g/mol. The lowest BCUT2D eigenvalue weighted by molar-refractivity contribution is 0.0949. The highest BCUT2D eigenvalue weighted by Crippen LogP contribution is 2.29. The van der Waals surface area contributed by atoms with E-state index in [1.54, 1.807) is 0 Å². The number of hydrogen-bond acceptors (Lipinski definition) is 4. The molecule has 0 aliphatic heterocycles. The number of hydrazine groups is 1. The Labute approximate surface area is 160 Å². The van der Waals surface area contributed by atoms with E-state index in [1.165, 1.54) is 46.4 Å². The van der Waals surface area contributed by atoms with Crippen molar-refractivity contribution in [1.82, 2.24) is 10.3 Å². The molecule has 1 aliphatic carbocycles. The molecule has 0 fully saturated rings. The summed E-state index contributed by atoms with van der Waals surface area (Å²) in [6, 6.07) is 5.78. The van der Waals surface area contributed by atoms with Gasteiger partial charge in [0.05, 0.1) is 19.8 Å². The van der Waals surface area contributed by atoms with Crippen LogP contribution in [0.1, 0.15) is 39.4 Å². The molecule has 134 valence electrons. The molecule has 5 nitrogen and oxygen atoms in total. The average Bonchev–Trinajstić information content (AvgIpc) is 2.86. The number of fused-ring (bicyclic) bond motifs is 1. The van der Waals surface area contributed by atoms with Crippen LogP contribution in [0.15, 0.2) is 29.2 Å². The van der Waals surface area contributed by atoms with Crippen LogP contribution in [0.4, 0.5) is 0 Å². The van der Waals surface area contributed by atoms with E-state index in [0.717, 1.165) is 25.7 Å². The van der Waals surface area contributed by atoms with Crippen molar-refractivity contribution < 1.29 is 13.2 Å². The Bertz CT molecular complexity index is 887. The first-order chi connectivity index (χ1) is 11.9. The van der Waals surface area contributed by atoms with Gasteiger partial charge in [0, 0.05) is 4.88 Å². The zero-order valence-corrected chi connectivity index (χ0v) is 16.3. The molecule has 0 saturated carbocycles. The van der Waals surface area contributed by atoms with Crippen molar-refractivity contribution >= 4 is 50.5 Å². The van der Waals surface area contributed by atoms with Crippen LogP contribution in [0.5, 0.6) is 0 Å². The lowest BCUT2D eigenvalue weighted by Gasteiger charge is -2.08. The summed E-state index contributed by atoms with van der Waals surface area (Å²) in [4.78, 5) is 16.0. The van der Waals surface area contributed by atoms with Crippen LogP contribution in [0.3, 0.4) is 0 Å². The number of benzene rings is 1. The van der Waals surface area contributed by atoms with Crippen molar-refractivity contribution in [3.05, 3.63) is 49.6 Å². The topological polar surface area (TPSA) is 75.3 Å². The second-order valence-electron chi connectivity index (χ2n) is 5.76. The first-order valence-electron chi connectivity index (χ1n) is 7.75. The maximum Gasteiger partial charge on any atom is 0.276 e. The summed E-state index contributed by atoms with van der Waals surface area (Å²) in [6.45, 7) is 0. The van der Waals surface area contributed by atoms with Gasteiger partial charge in [-0.2, -0.15) is 0 Å². The summed E-state index contributed by atoms with van der Waals surface area (Å²) in [5, 5.41) is 0.377. The third-order valence-corrected chi connectivity index (χ3v) is 7.19. The number of carbonyl (C=O) groups excluding carboxylic acids is 1. The fourth-order valence-corrected chi connectivity index (χ4v) is 5.03. The van der Waals surface area contributed by atoms with Crippen LogP contribution in [0, 0.1) is 0 Å². The van der Waals surface area contributed by atoms with Gasteiger partial charge in [-0.25, -0.2) is 8.42 Å². The molecule has 3 rings (SSSR count). The molecule has 0 bridgehead atoms. The van der Waals surface area contributed by atoms with Crippen LogP contribution in [-0.4, -0.2) is 14.3 Å². The number of aryl methyl sites for hydroxylation is 2. The minimum atomic E-state index is -3.93. The van der Waals surface area contributed by atoms with Crippen molar-refractivity contribution in [1.29, 1.82) is 0 Å². The van der Waals surface area contributed by atoms with E-state index in [9.17, 15) is 13.2 Å². The van der Waals surface area contributed by atoms with E-state index in [2.05, 4.69) is 10.3 Å². The molecule has 25 heavy (non-hydrogen) atoms. The van der Waals surface area contributed by atoms with Crippen molar-refractivity contribution in [3.8, 4) is 0 Å². The zero-order chi connectivity index (χ0) is 18.0. The summed E-state index contributed by atoms with van der Waals surface area (Å²) in [5.41, 5.74) is 3.45. The third kappa shape index (κ3) is 4.35. The average molecular weight is 419 g/mol. The molecule has 0 unspecified atom stereocenters. The van der Waals surface area contributed by atoms with Gasteiger partial charge in [0.25, 0.3) is 15.9 Å². The van der Waals surface area contributed by atoms with Gasteiger partial charge in [0.15, 0.2) is 0 Å². The van der Waals surface area contributed by atoms with Crippen molar-refractivity contribution in [2.45, 2.75) is 37.0 Å². The highest BCUT2D eigenvalue weighted by atomic mass is 35.5. The largest absolute Gasteiger partial charge is 0.276 e. The summed E-state index contributed by atoms with van der Waals surface area (Å²) in [5.74, 6) is -0.471. The second-order valence-corrected chi connectivity index (χ2v) is 9.39. The van der Waals surface area contributed by atoms with Gasteiger partial charge < -0.3 is 0 Å². The summed E-state index contributed by atoms with van der Waals surface area (Å²) >= 11 is 13.0. The molecule has 1 amide bonds. The third-order valence-electron chi connectivity index (χ3n) is 3.97. The maximum absolute atomic E-state index is 12.3. The lowest BCUT2D eigenvalue weighted by Crippen LogP contribution is -2.41. The van der Waals surface area contributed by atoms with Crippen molar-refractivity contribution in [3.63, 3.8) is 0 Å². The summed E-state index contributed by atoms with van der Waals surface area (Å²) < 4.78 is 24.5. The molecule has 0 atom stereocenters. The SMILES string of the molecule is O=C(NNS(=O)(=O)c1ccc(Cl)c(Cl)c1)c1cc2c(s1)CCCCC2. The lowest BCUT2D eigenvalue weighted by atomic mass is 10.1. The summed E-state index contributed by atoms with van der Waals surface area (Å²) in [7, 11) is -3.93. The number of hydrogen-bond donors (Lipinski definition) is 2. The van der Waals surface area contributed by atoms with Crippen LogP contribution < -0.4 is 10.3 Å². The van der Waals surface area contributed by atoms with Crippen LogP contribution in [0.25, 0.3) is 0 Å². The number of halogens is 2. The van der Waals surface area contributed by atoms with Crippen LogP contribution in [-0.2, 0) is 22.9 Å². The van der Waals surface area contributed by atoms with Crippen molar-refractivity contribution in [2.24, 2.45) is 0 Å². The Hall–Kier alpha value is -1.12. The first-order valence-corrected chi connectivity index (χ1v) is 10.8. The van der Waals surface area contributed by atoms with Gasteiger partial charge in [-0.1, -0.05) is 29.6 Å². The van der Waals surface area contributed by atoms with Gasteiger partial charge in [-0.3, -0.25) is 10.2 Å². The Morgan fingerprint density at radius 3 is 2.56 bits per heavy atom. The quantitative estimate of drug-likeness (QED) is 0.582. The number of thiophene rings is 1. The molecule has 0 saturated heterocycles. The smallest absolute Gasteiger partial charge is 0.273 e. The number of carbonyl (C=O) groups is 1. The Morgan fingerprint density at radius 2 is 1.80 bits per heavy atom. The number of nitrogens with one attached hydrogen (secondary N) is 2. The molecule has 1 heterocycles. The van der Waals surface area contributed by atoms with E-state index in [-0.39, 0.29) is 14.9 Å². The molecule has 9 heteroatoms. The van der Waals surface area contributed by atoms with Gasteiger partial charge in [-0.15, -0.1) is 16.2 Å². The zero-order valence-electron chi connectivity index (χ0n) is 13.1. The van der Waals surface area contributed by atoms with E-state index in [4.69, 9.17) is 23.2 Å². The molecule has 1 aromatic heterocycles. The Morgan fingerprint density at radius 1 is 1.04 bits per heavy atom. The van der Waals surface area contributed by atoms with Crippen molar-refractivity contribution in [2.75, 3.05) is 0 Å². The minimum Gasteiger partial charge on any atom is -0.273 e. The van der Waals surface area contributed by atoms with Gasteiger partial charge in [-0.05, 0) is 55.5 Å². The fraction of sp³-hybridized carbons (Fsp3) is 0.312. The van der Waals surface area contributed by atoms with Gasteiger partial charge in [0.1, 0.15) is 0 Å². The molecule has 0 radical (unpaired) electrons. The highest BCUT2D eigenvalue weighted by Gasteiger charge is 2.20. The standard InChI is InChI=1S/C16H16Cl2N2O3S2/c17-12-7-6-11(9-13(12)18)25(22,23)20-19-16(21)15-8-10-4-2-1-3-5-14(10)24-15/h6-9,20H,1-5H2,(H,19,21). The fourth-order valence-electron chi connectivity index (χ4n) is 2.66. The second kappa shape index (κ2) is 7.63. The van der Waals surface area contributed by atoms with E-state index in [1.807, 2.05) is 6.07 Å². The molecular formula is C16H16Cl2N2O3S2. The maximum atomic E-state index is 12.3. The van der Waals surface area contributed by atoms with E-state index in [0.29, 0.717) is 4.88 Å². The normalized spacial score (nSPS) is 14.6. The highest BCUT2D eigenvalue weighted by molar-refractivity contribution is 7.89. The number of amides is 1. The number of sulfonamides is 1. The van der Waals surface area contributed by atoms with E-state index < -0.39 is 15.9 Å².